The van der Waals surface area contributed by atoms with Gasteiger partial charge in [-0.25, -0.2) is 0 Å². The van der Waals surface area contributed by atoms with Gasteiger partial charge in [-0.3, -0.25) is 4.79 Å². The molecule has 168 valence electrons. The number of benzene rings is 2. The molecule has 1 aliphatic rings. The molecule has 0 radical (unpaired) electrons. The summed E-state index contributed by atoms with van der Waals surface area (Å²) in [4.78, 5) is 12.1. The number of halogens is 2. The zero-order chi connectivity index (χ0) is 22.1. The smallest absolute Gasteiger partial charge is 0.258 e. The molecular formula is C23H28Cl2N2O4. The number of nitrogens with one attached hydrogen (secondary N) is 2. The molecule has 0 aliphatic heterocycles. The normalized spacial score (nSPS) is 19.5. The van der Waals surface area contributed by atoms with E-state index in [2.05, 4.69) is 10.6 Å². The predicted molar refractivity (Wildman–Crippen MR) is 122 cm³/mol. The van der Waals surface area contributed by atoms with Crippen molar-refractivity contribution in [1.82, 2.24) is 10.6 Å². The Morgan fingerprint density at radius 3 is 2.00 bits per heavy atom. The summed E-state index contributed by atoms with van der Waals surface area (Å²) in [6, 6.07) is 14.5. The van der Waals surface area contributed by atoms with Crippen LogP contribution in [-0.4, -0.2) is 49.0 Å². The van der Waals surface area contributed by atoms with Gasteiger partial charge in [0, 0.05) is 28.7 Å². The lowest BCUT2D eigenvalue weighted by atomic mass is 9.91. The van der Waals surface area contributed by atoms with Gasteiger partial charge in [-0.05, 0) is 74.2 Å². The second kappa shape index (κ2) is 12.2. The molecule has 3 N–H and O–H groups in total. The maximum absolute atomic E-state index is 12.1. The fraction of sp³-hybridized carbons (Fsp3) is 0.435. The molecule has 3 rings (SSSR count). The molecule has 0 unspecified atom stereocenters. The molecule has 1 saturated carbocycles. The van der Waals surface area contributed by atoms with Crippen LogP contribution < -0.4 is 20.1 Å². The summed E-state index contributed by atoms with van der Waals surface area (Å²) in [5.41, 5.74) is 0. The third-order valence-corrected chi connectivity index (χ3v) is 5.68. The summed E-state index contributed by atoms with van der Waals surface area (Å²) in [7, 11) is 0. The Bertz CT molecular complexity index is 809. The summed E-state index contributed by atoms with van der Waals surface area (Å²) in [6.45, 7) is 0.664. The molecule has 1 fully saturated rings. The maximum Gasteiger partial charge on any atom is 0.258 e. The number of aliphatic hydroxyl groups is 1. The average molecular weight is 467 g/mol. The van der Waals surface area contributed by atoms with Crippen molar-refractivity contribution in [3.8, 4) is 11.5 Å². The molecule has 0 spiro atoms. The number of amides is 1. The van der Waals surface area contributed by atoms with E-state index in [0.29, 0.717) is 34.1 Å². The summed E-state index contributed by atoms with van der Waals surface area (Å²) in [5.74, 6) is 1.17. The lowest BCUT2D eigenvalue weighted by Crippen LogP contribution is -2.45. The van der Waals surface area contributed by atoms with Gasteiger partial charge in [-0.2, -0.15) is 0 Å². The highest BCUT2D eigenvalue weighted by atomic mass is 35.5. The van der Waals surface area contributed by atoms with Gasteiger partial charge in [0.25, 0.3) is 5.91 Å². The first kappa shape index (κ1) is 23.7. The van der Waals surface area contributed by atoms with Crippen molar-refractivity contribution < 1.29 is 19.4 Å². The van der Waals surface area contributed by atoms with Crippen LogP contribution in [0.5, 0.6) is 11.5 Å². The van der Waals surface area contributed by atoms with Gasteiger partial charge in [0.05, 0.1) is 0 Å². The number of rotatable bonds is 10. The number of hydrogen-bond donors (Lipinski definition) is 3. The second-order valence-corrected chi connectivity index (χ2v) is 8.56. The van der Waals surface area contributed by atoms with E-state index in [1.165, 1.54) is 0 Å². The summed E-state index contributed by atoms with van der Waals surface area (Å²) in [5, 5.41) is 17.8. The van der Waals surface area contributed by atoms with Crippen LogP contribution in [0.1, 0.15) is 25.7 Å². The van der Waals surface area contributed by atoms with Crippen LogP contribution in [0.4, 0.5) is 0 Å². The van der Waals surface area contributed by atoms with Crippen LogP contribution in [0, 0.1) is 0 Å². The van der Waals surface area contributed by atoms with Gasteiger partial charge in [0.1, 0.15) is 24.2 Å². The minimum atomic E-state index is -0.599. The van der Waals surface area contributed by atoms with E-state index in [1.807, 2.05) is 0 Å². The van der Waals surface area contributed by atoms with Crippen LogP contribution in [-0.2, 0) is 4.79 Å². The van der Waals surface area contributed by atoms with Crippen LogP contribution in [0.2, 0.25) is 10.0 Å². The number of aliphatic hydroxyl groups excluding tert-OH is 1. The van der Waals surface area contributed by atoms with Crippen LogP contribution in [0.15, 0.2) is 48.5 Å². The van der Waals surface area contributed by atoms with Gasteiger partial charge in [-0.15, -0.1) is 0 Å². The fourth-order valence-electron chi connectivity index (χ4n) is 3.48. The molecule has 0 bridgehead atoms. The second-order valence-electron chi connectivity index (χ2n) is 7.69. The predicted octanol–water partition coefficient (Wildman–Crippen LogP) is 3.83. The van der Waals surface area contributed by atoms with Crippen molar-refractivity contribution in [2.45, 2.75) is 43.9 Å². The van der Waals surface area contributed by atoms with Gasteiger partial charge < -0.3 is 25.2 Å². The van der Waals surface area contributed by atoms with Crippen molar-refractivity contribution in [3.63, 3.8) is 0 Å². The maximum atomic E-state index is 12.1. The van der Waals surface area contributed by atoms with Gasteiger partial charge in [-0.1, -0.05) is 23.2 Å². The Morgan fingerprint density at radius 2 is 1.42 bits per heavy atom. The first-order valence-electron chi connectivity index (χ1n) is 10.5. The minimum Gasteiger partial charge on any atom is -0.491 e. The standard InChI is InChI=1S/C23H28Cl2N2O4/c24-16-1-9-21(10-2-16)30-14-20(28)13-26-18-5-7-19(8-6-18)27-23(29)15-31-22-11-3-17(25)4-12-22/h1-4,9-12,18-20,26,28H,5-8,13-15H2,(H,27,29)/t18-,19-,20-/m0/s1. The molecule has 31 heavy (non-hydrogen) atoms. The molecule has 1 amide bonds. The lowest BCUT2D eigenvalue weighted by molar-refractivity contribution is -0.124. The fourth-order valence-corrected chi connectivity index (χ4v) is 3.73. The quantitative estimate of drug-likeness (QED) is 0.495. The molecule has 0 saturated heterocycles. The molecule has 1 aliphatic carbocycles. The van der Waals surface area contributed by atoms with Crippen molar-refractivity contribution in [2.24, 2.45) is 0 Å². The molecule has 8 heteroatoms. The Hall–Kier alpha value is -1.99. The number of carbonyl (C=O) groups excluding carboxylic acids is 1. The van der Waals surface area contributed by atoms with Crippen molar-refractivity contribution in [2.75, 3.05) is 19.8 Å². The van der Waals surface area contributed by atoms with Crippen molar-refractivity contribution in [3.05, 3.63) is 58.6 Å². The molecule has 0 heterocycles. The number of carbonyl (C=O) groups is 1. The van der Waals surface area contributed by atoms with E-state index in [9.17, 15) is 9.90 Å². The Morgan fingerprint density at radius 1 is 0.903 bits per heavy atom. The third-order valence-electron chi connectivity index (χ3n) is 5.17. The largest absolute Gasteiger partial charge is 0.491 e. The van der Waals surface area contributed by atoms with Gasteiger partial charge in [0.15, 0.2) is 6.61 Å². The van der Waals surface area contributed by atoms with Crippen LogP contribution >= 0.6 is 23.2 Å². The van der Waals surface area contributed by atoms with Crippen LogP contribution in [0.25, 0.3) is 0 Å². The third kappa shape index (κ3) is 8.57. The summed E-state index contributed by atoms with van der Waals surface area (Å²) < 4.78 is 11.1. The highest BCUT2D eigenvalue weighted by Gasteiger charge is 2.23. The molecule has 6 nitrogen and oxygen atoms in total. The first-order valence-corrected chi connectivity index (χ1v) is 11.2. The van der Waals surface area contributed by atoms with Gasteiger partial charge >= 0.3 is 0 Å². The van der Waals surface area contributed by atoms with Crippen molar-refractivity contribution >= 4 is 29.1 Å². The van der Waals surface area contributed by atoms with E-state index in [1.54, 1.807) is 48.5 Å². The van der Waals surface area contributed by atoms with Crippen LogP contribution in [0.3, 0.4) is 0 Å². The SMILES string of the molecule is O=C(COc1ccc(Cl)cc1)N[C@H]1CC[C@H](NC[C@H](O)COc2ccc(Cl)cc2)CC1. The number of hydrogen-bond acceptors (Lipinski definition) is 5. The van der Waals surface area contributed by atoms with E-state index in [0.717, 1.165) is 25.7 Å². The van der Waals surface area contributed by atoms with E-state index in [4.69, 9.17) is 32.7 Å². The topological polar surface area (TPSA) is 79.8 Å². The monoisotopic (exact) mass is 466 g/mol. The highest BCUT2D eigenvalue weighted by molar-refractivity contribution is 6.30. The average Bonchev–Trinajstić information content (AvgIpc) is 2.78. The zero-order valence-corrected chi connectivity index (χ0v) is 18.7. The first-order chi connectivity index (χ1) is 15.0. The minimum absolute atomic E-state index is 0.0143. The van der Waals surface area contributed by atoms with E-state index in [-0.39, 0.29) is 25.2 Å². The molecule has 2 aromatic rings. The van der Waals surface area contributed by atoms with E-state index >= 15 is 0 Å². The van der Waals surface area contributed by atoms with Crippen molar-refractivity contribution in [1.29, 1.82) is 0 Å². The Labute approximate surface area is 192 Å². The Kier molecular flexibility index (Phi) is 9.28. The summed E-state index contributed by atoms with van der Waals surface area (Å²) >= 11 is 11.7. The van der Waals surface area contributed by atoms with E-state index < -0.39 is 6.10 Å². The highest BCUT2D eigenvalue weighted by Crippen LogP contribution is 2.19. The lowest BCUT2D eigenvalue weighted by Gasteiger charge is -2.30. The zero-order valence-electron chi connectivity index (χ0n) is 17.2. The molecule has 2 aromatic carbocycles. The van der Waals surface area contributed by atoms with Gasteiger partial charge in [0.2, 0.25) is 0 Å². The Balaban J connectivity index is 1.27. The molecule has 0 aromatic heterocycles. The molecule has 1 atom stereocenters. The molecular weight excluding hydrogens is 439 g/mol. The number of ether oxygens (including phenoxy) is 2. The summed E-state index contributed by atoms with van der Waals surface area (Å²) in [6.07, 6.45) is 3.06.